The third kappa shape index (κ3) is 5.23. The molecule has 6 nitrogen and oxygen atoms in total. The Morgan fingerprint density at radius 3 is 2.51 bits per heavy atom. The largest absolute Gasteiger partial charge is 0.489 e. The average Bonchev–Trinajstić information content (AvgIpc) is 3.38. The highest BCUT2D eigenvalue weighted by molar-refractivity contribution is 8.18. The van der Waals surface area contributed by atoms with Gasteiger partial charge in [0.15, 0.2) is 11.5 Å². The van der Waals surface area contributed by atoms with Gasteiger partial charge in [-0.15, -0.1) is 0 Å². The van der Waals surface area contributed by atoms with Crippen molar-refractivity contribution in [3.8, 4) is 17.2 Å². The van der Waals surface area contributed by atoms with E-state index < -0.39 is 5.91 Å². The van der Waals surface area contributed by atoms with Gasteiger partial charge in [0.2, 0.25) is 6.79 Å². The molecule has 0 saturated carbocycles. The Labute approximate surface area is 220 Å². The van der Waals surface area contributed by atoms with E-state index in [0.717, 1.165) is 27.8 Å². The van der Waals surface area contributed by atoms with E-state index in [1.54, 1.807) is 54.6 Å². The molecule has 1 fully saturated rings. The van der Waals surface area contributed by atoms with E-state index in [-0.39, 0.29) is 25.2 Å². The van der Waals surface area contributed by atoms with Crippen molar-refractivity contribution in [3.05, 3.63) is 91.3 Å². The predicted octanol–water partition coefficient (Wildman–Crippen LogP) is 7.19. The van der Waals surface area contributed by atoms with Gasteiger partial charge in [-0.2, -0.15) is 0 Å². The van der Waals surface area contributed by atoms with Crippen LogP contribution in [0.3, 0.4) is 0 Å². The quantitative estimate of drug-likeness (QED) is 0.304. The first-order valence-corrected chi connectivity index (χ1v) is 12.3. The van der Waals surface area contributed by atoms with Crippen molar-refractivity contribution in [1.29, 1.82) is 0 Å². The lowest BCUT2D eigenvalue weighted by molar-refractivity contribution is -0.123. The van der Waals surface area contributed by atoms with E-state index in [9.17, 15) is 9.59 Å². The molecule has 2 heterocycles. The van der Waals surface area contributed by atoms with Crippen LogP contribution in [0.5, 0.6) is 17.2 Å². The molecule has 3 aromatic carbocycles. The maximum Gasteiger partial charge on any atom is 0.293 e. The van der Waals surface area contributed by atoms with E-state index in [2.05, 4.69) is 0 Å². The molecule has 1 saturated heterocycles. The summed E-state index contributed by atoms with van der Waals surface area (Å²) in [6, 6.07) is 15.7. The number of nitrogens with zero attached hydrogens (tertiary/aromatic N) is 1. The number of carbonyl (C=O) groups is 2. The van der Waals surface area contributed by atoms with E-state index in [1.165, 1.54) is 0 Å². The van der Waals surface area contributed by atoms with Gasteiger partial charge in [0.1, 0.15) is 12.4 Å². The fourth-order valence-electron chi connectivity index (χ4n) is 3.53. The molecule has 10 heteroatoms. The Balaban J connectivity index is 1.29. The Morgan fingerprint density at radius 1 is 0.943 bits per heavy atom. The molecule has 2 aliphatic heterocycles. The van der Waals surface area contributed by atoms with Crippen LogP contribution in [0.15, 0.2) is 59.5 Å². The maximum atomic E-state index is 13.0. The normalized spacial score (nSPS) is 15.9. The first-order valence-electron chi connectivity index (χ1n) is 10.4. The summed E-state index contributed by atoms with van der Waals surface area (Å²) in [5, 5.41) is 1.09. The summed E-state index contributed by atoms with van der Waals surface area (Å²) >= 11 is 19.3. The number of fused-ring (bicyclic) bond motifs is 1. The van der Waals surface area contributed by atoms with Crippen LogP contribution in [0.2, 0.25) is 15.1 Å². The van der Waals surface area contributed by atoms with E-state index in [0.29, 0.717) is 42.8 Å². The fourth-order valence-corrected chi connectivity index (χ4v) is 5.05. The van der Waals surface area contributed by atoms with E-state index in [4.69, 9.17) is 49.0 Å². The number of thioether (sulfide) groups is 1. The number of benzene rings is 3. The molecule has 2 aliphatic rings. The molecule has 0 unspecified atom stereocenters. The molecule has 35 heavy (non-hydrogen) atoms. The molecule has 0 aliphatic carbocycles. The van der Waals surface area contributed by atoms with Gasteiger partial charge in [-0.05, 0) is 59.3 Å². The van der Waals surface area contributed by atoms with Crippen LogP contribution in [-0.4, -0.2) is 22.8 Å². The standard InChI is InChI=1S/C25H16Cl3NO5S/c26-17-5-4-15(19(27)9-17)12-32-18-3-1-2-14(6-18)7-23-24(30)29(25(31)35-23)11-16-8-21-22(10-20(16)28)34-13-33-21/h1-10H,11-13H2/b23-7+. The minimum absolute atomic E-state index is 0.0302. The van der Waals surface area contributed by atoms with Crippen molar-refractivity contribution in [2.24, 2.45) is 0 Å². The van der Waals surface area contributed by atoms with Crippen LogP contribution in [0.25, 0.3) is 6.08 Å². The lowest BCUT2D eigenvalue weighted by atomic mass is 10.1. The molecule has 0 spiro atoms. The molecule has 0 aromatic heterocycles. The van der Waals surface area contributed by atoms with Gasteiger partial charge >= 0.3 is 0 Å². The summed E-state index contributed by atoms with van der Waals surface area (Å²) in [5.74, 6) is 1.26. The summed E-state index contributed by atoms with van der Waals surface area (Å²) in [5.41, 5.74) is 2.11. The maximum absolute atomic E-state index is 13.0. The Morgan fingerprint density at radius 2 is 1.71 bits per heavy atom. The van der Waals surface area contributed by atoms with Crippen LogP contribution in [0.1, 0.15) is 16.7 Å². The van der Waals surface area contributed by atoms with Crippen LogP contribution in [0, 0.1) is 0 Å². The number of ether oxygens (including phenoxy) is 3. The smallest absolute Gasteiger partial charge is 0.293 e. The number of halogens is 3. The van der Waals surface area contributed by atoms with Crippen molar-refractivity contribution in [2.75, 3.05) is 6.79 Å². The second-order valence-corrected chi connectivity index (χ2v) is 9.91. The van der Waals surface area contributed by atoms with Crippen molar-refractivity contribution in [1.82, 2.24) is 4.90 Å². The molecule has 2 amide bonds. The summed E-state index contributed by atoms with van der Waals surface area (Å²) < 4.78 is 16.5. The third-order valence-corrected chi connectivity index (χ3v) is 7.16. The molecule has 0 radical (unpaired) electrons. The molecule has 3 aromatic rings. The van der Waals surface area contributed by atoms with Crippen molar-refractivity contribution in [3.63, 3.8) is 0 Å². The van der Waals surface area contributed by atoms with E-state index in [1.807, 2.05) is 6.07 Å². The predicted molar refractivity (Wildman–Crippen MR) is 136 cm³/mol. The van der Waals surface area contributed by atoms with Gasteiger partial charge in [0, 0.05) is 26.7 Å². The topological polar surface area (TPSA) is 65.1 Å². The number of hydrogen-bond acceptors (Lipinski definition) is 6. The van der Waals surface area contributed by atoms with Gasteiger partial charge in [0.25, 0.3) is 11.1 Å². The van der Waals surface area contributed by atoms with Crippen LogP contribution in [0.4, 0.5) is 4.79 Å². The first kappa shape index (κ1) is 23.9. The number of hydrogen-bond donors (Lipinski definition) is 0. The van der Waals surface area contributed by atoms with Gasteiger partial charge < -0.3 is 14.2 Å². The Hall–Kier alpha value is -2.84. The molecule has 0 N–H and O–H groups in total. The fraction of sp³-hybridized carbons (Fsp3) is 0.120. The van der Waals surface area contributed by atoms with Crippen LogP contribution < -0.4 is 14.2 Å². The molecule has 0 atom stereocenters. The summed E-state index contributed by atoms with van der Waals surface area (Å²) in [6.07, 6.45) is 1.66. The van der Waals surface area contributed by atoms with Gasteiger partial charge in [-0.25, -0.2) is 0 Å². The molecular formula is C25H16Cl3NO5S. The second-order valence-electron chi connectivity index (χ2n) is 7.66. The highest BCUT2D eigenvalue weighted by atomic mass is 35.5. The van der Waals surface area contributed by atoms with Crippen LogP contribution >= 0.6 is 46.6 Å². The zero-order valence-corrected chi connectivity index (χ0v) is 21.0. The monoisotopic (exact) mass is 547 g/mol. The third-order valence-electron chi connectivity index (χ3n) is 5.31. The highest BCUT2D eigenvalue weighted by Crippen LogP contribution is 2.39. The minimum Gasteiger partial charge on any atom is -0.489 e. The molecular weight excluding hydrogens is 533 g/mol. The van der Waals surface area contributed by atoms with Crippen molar-refractivity contribution >= 4 is 63.8 Å². The average molecular weight is 549 g/mol. The lowest BCUT2D eigenvalue weighted by Gasteiger charge is -2.14. The number of amides is 2. The van der Waals surface area contributed by atoms with Gasteiger partial charge in [0.05, 0.1) is 11.4 Å². The van der Waals surface area contributed by atoms with Gasteiger partial charge in [-0.3, -0.25) is 14.5 Å². The molecule has 178 valence electrons. The Bertz CT molecular complexity index is 1380. The van der Waals surface area contributed by atoms with Crippen LogP contribution in [-0.2, 0) is 17.9 Å². The number of carbonyl (C=O) groups excluding carboxylic acids is 2. The Kier molecular flexibility index (Phi) is 6.84. The zero-order valence-electron chi connectivity index (χ0n) is 17.9. The molecule has 0 bridgehead atoms. The van der Waals surface area contributed by atoms with E-state index >= 15 is 0 Å². The zero-order chi connectivity index (χ0) is 24.5. The highest BCUT2D eigenvalue weighted by Gasteiger charge is 2.35. The number of rotatable bonds is 6. The summed E-state index contributed by atoms with van der Waals surface area (Å²) in [7, 11) is 0. The molecule has 5 rings (SSSR count). The van der Waals surface area contributed by atoms with Gasteiger partial charge in [-0.1, -0.05) is 53.0 Å². The number of imide groups is 1. The summed E-state index contributed by atoms with van der Waals surface area (Å²) in [6.45, 7) is 0.393. The van der Waals surface area contributed by atoms with Crippen molar-refractivity contribution < 1.29 is 23.8 Å². The van der Waals surface area contributed by atoms with Crippen molar-refractivity contribution in [2.45, 2.75) is 13.2 Å². The first-order chi connectivity index (χ1) is 16.9. The summed E-state index contributed by atoms with van der Waals surface area (Å²) in [4.78, 5) is 27.1. The minimum atomic E-state index is -0.395. The SMILES string of the molecule is O=C1S/C(=C/c2cccc(OCc3ccc(Cl)cc3Cl)c2)C(=O)N1Cc1cc2c(cc1Cl)OCO2. The lowest BCUT2D eigenvalue weighted by Crippen LogP contribution is -2.27. The second kappa shape index (κ2) is 10.0.